The second kappa shape index (κ2) is 8.47. The van der Waals surface area contributed by atoms with Gasteiger partial charge in [-0.1, -0.05) is 17.7 Å². The highest BCUT2D eigenvalue weighted by Gasteiger charge is 2.14. The van der Waals surface area contributed by atoms with Crippen LogP contribution in [0.2, 0.25) is 0 Å². The highest BCUT2D eigenvalue weighted by Crippen LogP contribution is 2.22. The number of hydrogen-bond donors (Lipinski definition) is 1. The van der Waals surface area contributed by atoms with Crippen LogP contribution in [-0.2, 0) is 4.79 Å². The largest absolute Gasteiger partial charge is 0.369 e. The summed E-state index contributed by atoms with van der Waals surface area (Å²) in [5.74, 6) is -0.111. The molecule has 26 heavy (non-hydrogen) atoms. The van der Waals surface area contributed by atoms with Crippen LogP contribution < -0.4 is 10.2 Å². The summed E-state index contributed by atoms with van der Waals surface area (Å²) in [7, 11) is 0. The lowest BCUT2D eigenvalue weighted by Gasteiger charge is -2.29. The van der Waals surface area contributed by atoms with E-state index in [4.69, 9.17) is 0 Å². The molecule has 0 unspecified atom stereocenters. The van der Waals surface area contributed by atoms with Crippen LogP contribution in [0.15, 0.2) is 42.5 Å². The van der Waals surface area contributed by atoms with Crippen molar-refractivity contribution >= 4 is 23.0 Å². The maximum Gasteiger partial charge on any atom is 0.269 e. The Morgan fingerprint density at radius 3 is 2.35 bits per heavy atom. The number of nitrogens with one attached hydrogen (secondary N) is 1. The lowest BCUT2D eigenvalue weighted by atomic mass is 10.1. The van der Waals surface area contributed by atoms with Crippen LogP contribution in [-0.4, -0.2) is 23.4 Å². The number of nitro benzene ring substituents is 1. The Bertz CT molecular complexity index is 785. The highest BCUT2D eigenvalue weighted by atomic mass is 16.6. The van der Waals surface area contributed by atoms with Gasteiger partial charge in [-0.05, 0) is 51.5 Å². The van der Waals surface area contributed by atoms with Crippen molar-refractivity contribution in [3.05, 3.63) is 63.7 Å². The van der Waals surface area contributed by atoms with Gasteiger partial charge in [0.1, 0.15) is 0 Å². The lowest BCUT2D eigenvalue weighted by Crippen LogP contribution is -2.33. The summed E-state index contributed by atoms with van der Waals surface area (Å²) in [6.45, 7) is 8.58. The number of non-ortho nitro benzene ring substituents is 1. The molecule has 0 radical (unpaired) electrons. The Balaban J connectivity index is 2.00. The molecule has 1 N–H and O–H groups in total. The van der Waals surface area contributed by atoms with E-state index in [0.29, 0.717) is 24.2 Å². The van der Waals surface area contributed by atoms with Gasteiger partial charge < -0.3 is 10.2 Å². The number of benzene rings is 2. The van der Waals surface area contributed by atoms with Gasteiger partial charge in [-0.15, -0.1) is 0 Å². The fraction of sp³-hybridized carbons (Fsp3) is 0.350. The third-order valence-corrected chi connectivity index (χ3v) is 4.26. The molecule has 0 aromatic heterocycles. The molecule has 6 heteroatoms. The maximum absolute atomic E-state index is 12.3. The number of carbonyl (C=O) groups is 1. The Kier molecular flexibility index (Phi) is 6.33. The van der Waals surface area contributed by atoms with Gasteiger partial charge in [-0.25, -0.2) is 0 Å². The summed E-state index contributed by atoms with van der Waals surface area (Å²) in [5.41, 5.74) is 3.58. The average molecular weight is 355 g/mol. The number of aryl methyl sites for hydroxylation is 2. The second-order valence-electron chi connectivity index (χ2n) is 6.68. The van der Waals surface area contributed by atoms with E-state index in [1.54, 1.807) is 13.0 Å². The molecule has 6 nitrogen and oxygen atoms in total. The molecule has 0 aliphatic rings. The quantitative estimate of drug-likeness (QED) is 0.588. The zero-order valence-electron chi connectivity index (χ0n) is 15.7. The number of anilines is 2. The third-order valence-electron chi connectivity index (χ3n) is 4.26. The highest BCUT2D eigenvalue weighted by molar-refractivity contribution is 5.92. The normalized spacial score (nSPS) is 10.7. The van der Waals surface area contributed by atoms with Gasteiger partial charge in [0.05, 0.1) is 4.92 Å². The molecule has 138 valence electrons. The van der Waals surface area contributed by atoms with Crippen LogP contribution >= 0.6 is 0 Å². The summed E-state index contributed by atoms with van der Waals surface area (Å²) >= 11 is 0. The smallest absolute Gasteiger partial charge is 0.269 e. The van der Waals surface area contributed by atoms with Crippen molar-refractivity contribution in [3.8, 4) is 0 Å². The zero-order valence-corrected chi connectivity index (χ0v) is 15.7. The summed E-state index contributed by atoms with van der Waals surface area (Å²) in [6, 6.07) is 13.0. The number of carbonyl (C=O) groups excluding carboxylic acids is 1. The molecule has 0 bridgehead atoms. The molecule has 0 fully saturated rings. The summed E-state index contributed by atoms with van der Waals surface area (Å²) in [6.07, 6.45) is 0.336. The molecule has 0 saturated heterocycles. The van der Waals surface area contributed by atoms with Gasteiger partial charge in [-0.2, -0.15) is 0 Å². The topological polar surface area (TPSA) is 75.5 Å². The van der Waals surface area contributed by atoms with Crippen LogP contribution in [0.25, 0.3) is 0 Å². The molecule has 2 rings (SSSR count). The van der Waals surface area contributed by atoms with E-state index in [0.717, 1.165) is 5.69 Å². The predicted octanol–water partition coefficient (Wildman–Crippen LogP) is 4.46. The first-order chi connectivity index (χ1) is 12.3. The van der Waals surface area contributed by atoms with Crippen molar-refractivity contribution in [1.82, 2.24) is 0 Å². The first-order valence-electron chi connectivity index (χ1n) is 8.66. The van der Waals surface area contributed by atoms with Gasteiger partial charge in [0.25, 0.3) is 5.69 Å². The van der Waals surface area contributed by atoms with Crippen LogP contribution in [0.5, 0.6) is 0 Å². The molecule has 0 aliphatic heterocycles. The summed E-state index contributed by atoms with van der Waals surface area (Å²) < 4.78 is 0. The number of amides is 1. The van der Waals surface area contributed by atoms with Crippen LogP contribution in [0, 0.1) is 24.0 Å². The molecular formula is C20H25N3O3. The van der Waals surface area contributed by atoms with E-state index in [1.807, 2.05) is 6.92 Å². The van der Waals surface area contributed by atoms with Crippen LogP contribution in [0.3, 0.4) is 0 Å². The molecule has 1 amide bonds. The van der Waals surface area contributed by atoms with Crippen LogP contribution in [0.4, 0.5) is 17.1 Å². The summed E-state index contributed by atoms with van der Waals surface area (Å²) in [4.78, 5) is 24.9. The first kappa shape index (κ1) is 19.4. The monoisotopic (exact) mass is 355 g/mol. The molecule has 0 atom stereocenters. The SMILES string of the molecule is Cc1ccc(N(CCC(=O)Nc2ccc([N+](=O)[O-])cc2C)C(C)C)cc1. The van der Waals surface area contributed by atoms with Gasteiger partial charge in [0.2, 0.25) is 5.91 Å². The predicted molar refractivity (Wildman–Crippen MR) is 105 cm³/mol. The van der Waals surface area contributed by atoms with Crippen LogP contribution in [0.1, 0.15) is 31.4 Å². The fourth-order valence-electron chi connectivity index (χ4n) is 2.76. The number of hydrogen-bond acceptors (Lipinski definition) is 4. The number of nitro groups is 1. The van der Waals surface area contributed by atoms with Gasteiger partial charge in [0.15, 0.2) is 0 Å². The molecule has 2 aromatic rings. The van der Waals surface area contributed by atoms with Gasteiger partial charge in [0, 0.05) is 42.5 Å². The first-order valence-corrected chi connectivity index (χ1v) is 8.66. The minimum Gasteiger partial charge on any atom is -0.369 e. The minimum atomic E-state index is -0.444. The Morgan fingerprint density at radius 1 is 1.15 bits per heavy atom. The Hall–Kier alpha value is -2.89. The van der Waals surface area contributed by atoms with E-state index in [1.165, 1.54) is 17.7 Å². The van der Waals surface area contributed by atoms with E-state index < -0.39 is 4.92 Å². The number of rotatable bonds is 7. The molecule has 0 aliphatic carbocycles. The van der Waals surface area contributed by atoms with Crippen molar-refractivity contribution < 1.29 is 9.72 Å². The molecule has 0 spiro atoms. The van der Waals surface area contributed by atoms with Crippen molar-refractivity contribution in [1.29, 1.82) is 0 Å². The molecular weight excluding hydrogens is 330 g/mol. The van der Waals surface area contributed by atoms with Crippen molar-refractivity contribution in [3.63, 3.8) is 0 Å². The maximum atomic E-state index is 12.3. The van der Waals surface area contributed by atoms with Crippen molar-refractivity contribution in [2.24, 2.45) is 0 Å². The second-order valence-corrected chi connectivity index (χ2v) is 6.68. The minimum absolute atomic E-state index is 0.0193. The molecule has 0 saturated carbocycles. The van der Waals surface area contributed by atoms with E-state index >= 15 is 0 Å². The van der Waals surface area contributed by atoms with Crippen molar-refractivity contribution in [2.75, 3.05) is 16.8 Å². The molecule has 2 aromatic carbocycles. The zero-order chi connectivity index (χ0) is 19.3. The Labute approximate surface area is 154 Å². The Morgan fingerprint density at radius 2 is 1.81 bits per heavy atom. The van der Waals surface area contributed by atoms with Gasteiger partial charge in [-0.3, -0.25) is 14.9 Å². The molecule has 0 heterocycles. The standard InChI is InChI=1S/C20H25N3O3/c1-14(2)22(17-7-5-15(3)6-8-17)12-11-20(24)21-19-10-9-18(23(25)26)13-16(19)4/h5-10,13-14H,11-12H2,1-4H3,(H,21,24). The van der Waals surface area contributed by atoms with Crippen molar-refractivity contribution in [2.45, 2.75) is 40.2 Å². The lowest BCUT2D eigenvalue weighted by molar-refractivity contribution is -0.384. The fourth-order valence-corrected chi connectivity index (χ4v) is 2.76. The summed E-state index contributed by atoms with van der Waals surface area (Å²) in [5, 5.41) is 13.6. The average Bonchev–Trinajstić information content (AvgIpc) is 2.58. The number of nitrogens with zero attached hydrogens (tertiary/aromatic N) is 2. The van der Waals surface area contributed by atoms with E-state index in [9.17, 15) is 14.9 Å². The van der Waals surface area contributed by atoms with E-state index in [2.05, 4.69) is 48.3 Å². The van der Waals surface area contributed by atoms with Gasteiger partial charge >= 0.3 is 0 Å². The van der Waals surface area contributed by atoms with E-state index in [-0.39, 0.29) is 17.6 Å². The third kappa shape index (κ3) is 5.05.